The van der Waals surface area contributed by atoms with Crippen LogP contribution < -0.4 is 15.0 Å². The Hall–Kier alpha value is -3.23. The number of nitrogens with zero attached hydrogens (tertiary/aromatic N) is 3. The number of benzene rings is 1. The van der Waals surface area contributed by atoms with E-state index >= 15 is 0 Å². The molecule has 0 atom stereocenters. The maximum absolute atomic E-state index is 13.7. The summed E-state index contributed by atoms with van der Waals surface area (Å²) in [6.45, 7) is 4.63. The molecule has 0 N–H and O–H groups in total. The molecule has 1 aliphatic carbocycles. The topological polar surface area (TPSA) is 82.9 Å². The number of carbonyl (C=O) groups excluding carboxylic acids is 1. The minimum absolute atomic E-state index is 0.100. The highest BCUT2D eigenvalue weighted by molar-refractivity contribution is 6.26. The van der Waals surface area contributed by atoms with Gasteiger partial charge in [0, 0.05) is 55.1 Å². The van der Waals surface area contributed by atoms with Gasteiger partial charge in [-0.3, -0.25) is 19.5 Å². The molecule has 1 aliphatic heterocycles. The van der Waals surface area contributed by atoms with Crippen molar-refractivity contribution in [2.75, 3.05) is 47.1 Å². The average molecular weight is 435 g/mol. The van der Waals surface area contributed by atoms with Gasteiger partial charge in [-0.2, -0.15) is 0 Å². The Morgan fingerprint density at radius 3 is 2.44 bits per heavy atom. The molecule has 8 nitrogen and oxygen atoms in total. The summed E-state index contributed by atoms with van der Waals surface area (Å²) in [7, 11) is 3.07. The summed E-state index contributed by atoms with van der Waals surface area (Å²) in [5.74, 6) is 0.839. The zero-order valence-corrected chi connectivity index (χ0v) is 18.2. The number of morpholine rings is 1. The van der Waals surface area contributed by atoms with Crippen molar-refractivity contribution in [3.05, 3.63) is 52.1 Å². The average Bonchev–Trinajstić information content (AvgIpc) is 3.13. The number of hydrogen-bond donors (Lipinski definition) is 0. The smallest absolute Gasteiger partial charge is 0.259 e. The molecule has 1 fully saturated rings. The summed E-state index contributed by atoms with van der Waals surface area (Å²) in [5.41, 5.74) is 2.29. The molecule has 0 saturated carbocycles. The van der Waals surface area contributed by atoms with Crippen molar-refractivity contribution in [1.82, 2.24) is 14.5 Å². The van der Waals surface area contributed by atoms with E-state index in [1.54, 1.807) is 35.2 Å². The maximum atomic E-state index is 13.7. The highest BCUT2D eigenvalue weighted by Crippen LogP contribution is 2.41. The number of methoxy groups -OCH3 is 2. The molecule has 0 amide bonds. The summed E-state index contributed by atoms with van der Waals surface area (Å²) >= 11 is 0. The molecule has 5 rings (SSSR count). The van der Waals surface area contributed by atoms with E-state index in [1.165, 1.54) is 14.2 Å². The highest BCUT2D eigenvalue weighted by Gasteiger charge is 2.33. The minimum Gasteiger partial charge on any atom is -0.493 e. The third kappa shape index (κ3) is 3.27. The number of ketones is 1. The van der Waals surface area contributed by atoms with Gasteiger partial charge >= 0.3 is 0 Å². The van der Waals surface area contributed by atoms with E-state index in [-0.39, 0.29) is 11.3 Å². The van der Waals surface area contributed by atoms with Gasteiger partial charge in [-0.25, -0.2) is 0 Å². The van der Waals surface area contributed by atoms with Gasteiger partial charge in [-0.1, -0.05) is 0 Å². The molecule has 0 radical (unpaired) electrons. The molecule has 0 bridgehead atoms. The summed E-state index contributed by atoms with van der Waals surface area (Å²) in [6.07, 6.45) is 4.06. The molecule has 1 saturated heterocycles. The van der Waals surface area contributed by atoms with Crippen LogP contribution in [0, 0.1) is 0 Å². The minimum atomic E-state index is -0.147. The van der Waals surface area contributed by atoms with Crippen LogP contribution in [-0.4, -0.2) is 67.3 Å². The van der Waals surface area contributed by atoms with E-state index in [9.17, 15) is 9.59 Å². The van der Waals surface area contributed by atoms with Crippen LogP contribution in [-0.2, 0) is 11.3 Å². The molecular weight excluding hydrogens is 410 g/mol. The first kappa shape index (κ1) is 20.7. The van der Waals surface area contributed by atoms with Gasteiger partial charge in [0.1, 0.15) is 0 Å². The van der Waals surface area contributed by atoms with Crippen molar-refractivity contribution in [3.63, 3.8) is 0 Å². The van der Waals surface area contributed by atoms with Crippen molar-refractivity contribution in [1.29, 1.82) is 0 Å². The molecule has 0 unspecified atom stereocenters. The van der Waals surface area contributed by atoms with E-state index in [4.69, 9.17) is 14.2 Å². The Kier molecular flexibility index (Phi) is 5.40. The van der Waals surface area contributed by atoms with Crippen LogP contribution in [0.15, 0.2) is 35.4 Å². The van der Waals surface area contributed by atoms with E-state index in [1.807, 2.05) is 0 Å². The second-order valence-electron chi connectivity index (χ2n) is 7.99. The predicted octanol–water partition coefficient (Wildman–Crippen LogP) is 2.35. The Morgan fingerprint density at radius 1 is 1.00 bits per heavy atom. The van der Waals surface area contributed by atoms with Crippen LogP contribution in [0.3, 0.4) is 0 Å². The maximum Gasteiger partial charge on any atom is 0.259 e. The van der Waals surface area contributed by atoms with Crippen LogP contribution in [0.1, 0.15) is 22.3 Å². The lowest BCUT2D eigenvalue weighted by Gasteiger charge is -2.26. The molecule has 3 heterocycles. The third-order valence-corrected chi connectivity index (χ3v) is 6.28. The Bertz CT molecular complexity index is 1260. The molecule has 2 aliphatic rings. The third-order valence-electron chi connectivity index (χ3n) is 6.28. The van der Waals surface area contributed by atoms with Crippen molar-refractivity contribution in [2.45, 2.75) is 13.0 Å². The zero-order valence-electron chi connectivity index (χ0n) is 18.2. The van der Waals surface area contributed by atoms with Crippen molar-refractivity contribution < 1.29 is 19.0 Å². The Morgan fingerprint density at radius 2 is 1.72 bits per heavy atom. The van der Waals surface area contributed by atoms with Gasteiger partial charge in [0.15, 0.2) is 17.3 Å². The zero-order chi connectivity index (χ0) is 22.2. The van der Waals surface area contributed by atoms with Crippen molar-refractivity contribution >= 4 is 16.6 Å². The van der Waals surface area contributed by atoms with E-state index in [2.05, 4.69) is 9.88 Å². The first-order chi connectivity index (χ1) is 15.6. The first-order valence-electron chi connectivity index (χ1n) is 10.8. The van der Waals surface area contributed by atoms with Crippen LogP contribution >= 0.6 is 0 Å². The summed E-state index contributed by atoms with van der Waals surface area (Å²) in [6, 6.07) is 5.11. The molecular formula is C24H25N3O5. The van der Waals surface area contributed by atoms with Crippen LogP contribution in [0.25, 0.3) is 22.0 Å². The lowest BCUT2D eigenvalue weighted by molar-refractivity contribution is 0.0369. The van der Waals surface area contributed by atoms with Crippen LogP contribution in [0.4, 0.5) is 0 Å². The van der Waals surface area contributed by atoms with E-state index in [0.29, 0.717) is 51.2 Å². The number of pyridine rings is 2. The van der Waals surface area contributed by atoms with Crippen molar-refractivity contribution in [2.24, 2.45) is 0 Å². The fraction of sp³-hybridized carbons (Fsp3) is 0.375. The van der Waals surface area contributed by atoms with Crippen LogP contribution in [0.2, 0.25) is 0 Å². The van der Waals surface area contributed by atoms with E-state index in [0.717, 1.165) is 39.3 Å². The van der Waals surface area contributed by atoms with Crippen molar-refractivity contribution in [3.8, 4) is 22.8 Å². The quantitative estimate of drug-likeness (QED) is 0.460. The van der Waals surface area contributed by atoms with Gasteiger partial charge < -0.3 is 18.8 Å². The highest BCUT2D eigenvalue weighted by atomic mass is 16.5. The fourth-order valence-corrected chi connectivity index (χ4v) is 4.69. The Labute approximate surface area is 185 Å². The molecule has 1 aromatic carbocycles. The van der Waals surface area contributed by atoms with Gasteiger partial charge in [-0.05, 0) is 24.6 Å². The number of hydrogen-bond acceptors (Lipinski definition) is 7. The number of ether oxygens (including phenoxy) is 3. The molecule has 8 heteroatoms. The largest absolute Gasteiger partial charge is 0.493 e. The van der Waals surface area contributed by atoms with E-state index < -0.39 is 0 Å². The lowest BCUT2D eigenvalue weighted by Crippen LogP contribution is -2.37. The number of aromatic nitrogens is 2. The number of rotatable bonds is 6. The molecule has 0 spiro atoms. The molecule has 32 heavy (non-hydrogen) atoms. The monoisotopic (exact) mass is 435 g/mol. The van der Waals surface area contributed by atoms with Gasteiger partial charge in [0.2, 0.25) is 0 Å². The van der Waals surface area contributed by atoms with Gasteiger partial charge in [0.05, 0.1) is 44.1 Å². The molecule has 2 aromatic heterocycles. The van der Waals surface area contributed by atoms with Crippen LogP contribution in [0.5, 0.6) is 11.5 Å². The van der Waals surface area contributed by atoms with Gasteiger partial charge in [-0.15, -0.1) is 0 Å². The normalized spacial score (nSPS) is 15.6. The summed E-state index contributed by atoms with van der Waals surface area (Å²) < 4.78 is 18.0. The number of carbonyl (C=O) groups is 1. The Balaban J connectivity index is 1.66. The molecule has 3 aromatic rings. The summed E-state index contributed by atoms with van der Waals surface area (Å²) in [5, 5.41) is 1.02. The lowest BCUT2D eigenvalue weighted by atomic mass is 10.0. The molecule has 166 valence electrons. The predicted molar refractivity (Wildman–Crippen MR) is 120 cm³/mol. The number of fused-ring (bicyclic) bond motifs is 5. The standard InChI is InChI=1S/C24H25N3O5/c1-30-19-12-16-17(13-20(19)31-2)24(29)27(7-3-6-26-8-10-32-11-9-26)22-18-14-25-5-4-15(18)23(28)21(16)22/h4-5,12-14H,3,6-11H2,1-2H3. The fourth-order valence-electron chi connectivity index (χ4n) is 4.69. The SMILES string of the molecule is COc1cc2c3c(n(CCCN4CCOCC4)c(=O)c2cc1OC)-c1cnccc1C3=O. The van der Waals surface area contributed by atoms with Gasteiger partial charge in [0.25, 0.3) is 5.56 Å². The first-order valence-corrected chi connectivity index (χ1v) is 10.8. The second-order valence-corrected chi connectivity index (χ2v) is 7.99. The summed E-state index contributed by atoms with van der Waals surface area (Å²) in [4.78, 5) is 33.6. The second kappa shape index (κ2) is 8.37.